The van der Waals surface area contributed by atoms with Crippen LogP contribution in [0, 0.1) is 0 Å². The molecule has 0 spiro atoms. The van der Waals surface area contributed by atoms with E-state index in [9.17, 15) is 13.2 Å². The smallest absolute Gasteiger partial charge is 0.332 e. The highest BCUT2D eigenvalue weighted by molar-refractivity contribution is 5.63. The molecule has 112 valence electrons. The van der Waals surface area contributed by atoms with Crippen LogP contribution < -0.4 is 0 Å². The molecule has 0 N–H and O–H groups in total. The zero-order valence-corrected chi connectivity index (χ0v) is 11.6. The number of halogens is 3. The van der Waals surface area contributed by atoms with Gasteiger partial charge in [-0.15, -0.1) is 0 Å². The molecule has 0 radical (unpaired) electrons. The number of aromatic nitrogens is 2. The average Bonchev–Trinajstić information content (AvgIpc) is 2.96. The first kappa shape index (κ1) is 14.4. The van der Waals surface area contributed by atoms with Crippen LogP contribution in [0.5, 0.6) is 0 Å². The second-order valence-electron chi connectivity index (χ2n) is 4.96. The predicted octanol–water partition coefficient (Wildman–Crippen LogP) is 4.62. The zero-order valence-electron chi connectivity index (χ0n) is 11.6. The fourth-order valence-corrected chi connectivity index (χ4v) is 2.33. The van der Waals surface area contributed by atoms with Crippen molar-refractivity contribution in [2.45, 2.75) is 12.7 Å². The molecule has 0 unspecified atom stereocenters. The van der Waals surface area contributed by atoms with E-state index < -0.39 is 11.7 Å². The Kier molecular flexibility index (Phi) is 3.71. The van der Waals surface area contributed by atoms with Crippen molar-refractivity contribution < 1.29 is 13.2 Å². The third kappa shape index (κ3) is 3.03. The molecule has 0 amide bonds. The minimum absolute atomic E-state index is 0.0989. The maximum atomic E-state index is 13.1. The van der Waals surface area contributed by atoms with Crippen LogP contribution in [0.2, 0.25) is 0 Å². The summed E-state index contributed by atoms with van der Waals surface area (Å²) in [7, 11) is 0. The number of imidazole rings is 1. The summed E-state index contributed by atoms with van der Waals surface area (Å²) in [5.74, 6) is 0. The van der Waals surface area contributed by atoms with E-state index in [1.54, 1.807) is 23.2 Å². The Labute approximate surface area is 125 Å². The number of hydrogen-bond donors (Lipinski definition) is 0. The molecule has 3 rings (SSSR count). The second-order valence-corrected chi connectivity index (χ2v) is 4.96. The van der Waals surface area contributed by atoms with E-state index in [1.165, 1.54) is 12.1 Å². The first-order valence-corrected chi connectivity index (χ1v) is 6.76. The van der Waals surface area contributed by atoms with Crippen molar-refractivity contribution in [3.8, 4) is 11.3 Å². The quantitative estimate of drug-likeness (QED) is 0.690. The Morgan fingerprint density at radius 2 is 1.59 bits per heavy atom. The standard InChI is InChI=1S/C17H13F3N2/c18-17(19,20)15-9-5-4-8-14(15)16-11-22(12-21-16)10-13-6-2-1-3-7-13/h1-9,11-12H,10H2. The molecule has 5 heteroatoms. The fraction of sp³-hybridized carbons (Fsp3) is 0.118. The Hall–Kier alpha value is -2.56. The fourth-order valence-electron chi connectivity index (χ4n) is 2.33. The lowest BCUT2D eigenvalue weighted by atomic mass is 10.0. The lowest BCUT2D eigenvalue weighted by molar-refractivity contribution is -0.137. The molecule has 2 aromatic carbocycles. The van der Waals surface area contributed by atoms with Crippen LogP contribution in [-0.2, 0) is 12.7 Å². The van der Waals surface area contributed by atoms with Gasteiger partial charge in [0.1, 0.15) is 0 Å². The monoisotopic (exact) mass is 302 g/mol. The largest absolute Gasteiger partial charge is 0.417 e. The minimum Gasteiger partial charge on any atom is -0.332 e. The Bertz CT molecular complexity index is 761. The van der Waals surface area contributed by atoms with Crippen LogP contribution in [0.15, 0.2) is 67.1 Å². The molecule has 0 fully saturated rings. The Morgan fingerprint density at radius 3 is 2.32 bits per heavy atom. The molecule has 1 aromatic heterocycles. The van der Waals surface area contributed by atoms with Gasteiger partial charge in [0.2, 0.25) is 0 Å². The molecule has 0 bridgehead atoms. The lowest BCUT2D eigenvalue weighted by Gasteiger charge is -2.10. The van der Waals surface area contributed by atoms with E-state index in [0.29, 0.717) is 12.2 Å². The van der Waals surface area contributed by atoms with Crippen LogP contribution in [-0.4, -0.2) is 9.55 Å². The van der Waals surface area contributed by atoms with Gasteiger partial charge in [-0.2, -0.15) is 13.2 Å². The summed E-state index contributed by atoms with van der Waals surface area (Å²) in [5.41, 5.74) is 0.821. The van der Waals surface area contributed by atoms with Crippen molar-refractivity contribution in [2.75, 3.05) is 0 Å². The van der Waals surface area contributed by atoms with E-state index in [0.717, 1.165) is 11.6 Å². The van der Waals surface area contributed by atoms with Crippen LogP contribution >= 0.6 is 0 Å². The van der Waals surface area contributed by atoms with Gasteiger partial charge in [0.05, 0.1) is 17.6 Å². The molecule has 0 aliphatic carbocycles. The molecular weight excluding hydrogens is 289 g/mol. The van der Waals surface area contributed by atoms with Crippen molar-refractivity contribution in [1.82, 2.24) is 9.55 Å². The highest BCUT2D eigenvalue weighted by atomic mass is 19.4. The normalized spacial score (nSPS) is 11.6. The van der Waals surface area contributed by atoms with Gasteiger partial charge in [0.15, 0.2) is 0 Å². The summed E-state index contributed by atoms with van der Waals surface area (Å²) in [4.78, 5) is 4.12. The van der Waals surface area contributed by atoms with Crippen LogP contribution in [0.3, 0.4) is 0 Å². The Morgan fingerprint density at radius 1 is 0.909 bits per heavy atom. The molecule has 0 aliphatic rings. The van der Waals surface area contributed by atoms with Crippen molar-refractivity contribution in [3.05, 3.63) is 78.2 Å². The number of benzene rings is 2. The number of nitrogens with zero attached hydrogens (tertiary/aromatic N) is 2. The van der Waals surface area contributed by atoms with Gasteiger partial charge in [0, 0.05) is 18.3 Å². The number of alkyl halides is 3. The van der Waals surface area contributed by atoms with E-state index in [4.69, 9.17) is 0 Å². The summed E-state index contributed by atoms with van der Waals surface area (Å²) >= 11 is 0. The average molecular weight is 302 g/mol. The van der Waals surface area contributed by atoms with E-state index in [2.05, 4.69) is 4.98 Å². The maximum Gasteiger partial charge on any atom is 0.417 e. The van der Waals surface area contributed by atoms with Gasteiger partial charge in [-0.05, 0) is 11.6 Å². The molecular formula is C17H13F3N2. The van der Waals surface area contributed by atoms with Gasteiger partial charge in [-0.3, -0.25) is 0 Å². The van der Waals surface area contributed by atoms with Crippen molar-refractivity contribution in [2.24, 2.45) is 0 Å². The highest BCUT2D eigenvalue weighted by Gasteiger charge is 2.33. The summed E-state index contributed by atoms with van der Waals surface area (Å²) < 4.78 is 40.9. The van der Waals surface area contributed by atoms with E-state index in [-0.39, 0.29) is 5.56 Å². The SMILES string of the molecule is FC(F)(F)c1ccccc1-c1cn(Cc2ccccc2)cn1. The topological polar surface area (TPSA) is 17.8 Å². The van der Waals surface area contributed by atoms with E-state index in [1.807, 2.05) is 30.3 Å². The molecule has 1 heterocycles. The third-order valence-electron chi connectivity index (χ3n) is 3.35. The molecule has 0 aliphatic heterocycles. The van der Waals surface area contributed by atoms with Crippen LogP contribution in [0.25, 0.3) is 11.3 Å². The maximum absolute atomic E-state index is 13.1. The molecule has 0 saturated heterocycles. The minimum atomic E-state index is -4.39. The second kappa shape index (κ2) is 5.67. The molecule has 2 nitrogen and oxygen atoms in total. The van der Waals surface area contributed by atoms with Crippen LogP contribution in [0.1, 0.15) is 11.1 Å². The van der Waals surface area contributed by atoms with Crippen LogP contribution in [0.4, 0.5) is 13.2 Å². The highest BCUT2D eigenvalue weighted by Crippen LogP contribution is 2.36. The summed E-state index contributed by atoms with van der Waals surface area (Å²) in [6, 6.07) is 15.2. The summed E-state index contributed by atoms with van der Waals surface area (Å²) in [5, 5.41) is 0. The molecule has 0 saturated carbocycles. The van der Waals surface area contributed by atoms with Crippen molar-refractivity contribution >= 4 is 0 Å². The van der Waals surface area contributed by atoms with Gasteiger partial charge >= 0.3 is 6.18 Å². The van der Waals surface area contributed by atoms with Crippen molar-refractivity contribution in [1.29, 1.82) is 0 Å². The third-order valence-corrected chi connectivity index (χ3v) is 3.35. The first-order valence-electron chi connectivity index (χ1n) is 6.76. The van der Waals surface area contributed by atoms with Gasteiger partial charge < -0.3 is 4.57 Å². The van der Waals surface area contributed by atoms with Gasteiger partial charge in [-0.1, -0.05) is 48.5 Å². The summed E-state index contributed by atoms with van der Waals surface area (Å²) in [6.07, 6.45) is -1.20. The summed E-state index contributed by atoms with van der Waals surface area (Å²) in [6.45, 7) is 0.571. The van der Waals surface area contributed by atoms with Gasteiger partial charge in [0.25, 0.3) is 0 Å². The van der Waals surface area contributed by atoms with Crippen molar-refractivity contribution in [3.63, 3.8) is 0 Å². The predicted molar refractivity (Wildman–Crippen MR) is 78.2 cm³/mol. The molecule has 22 heavy (non-hydrogen) atoms. The number of hydrogen-bond acceptors (Lipinski definition) is 1. The van der Waals surface area contributed by atoms with E-state index >= 15 is 0 Å². The Balaban J connectivity index is 1.92. The zero-order chi connectivity index (χ0) is 15.6. The lowest BCUT2D eigenvalue weighted by Crippen LogP contribution is -2.06. The van der Waals surface area contributed by atoms with Gasteiger partial charge in [-0.25, -0.2) is 4.98 Å². The first-order chi connectivity index (χ1) is 10.5. The molecule has 3 aromatic rings. The number of rotatable bonds is 3. The molecule has 0 atom stereocenters.